The van der Waals surface area contributed by atoms with E-state index in [1.165, 1.54) is 0 Å². The Morgan fingerprint density at radius 2 is 2.20 bits per heavy atom. The molecule has 0 radical (unpaired) electrons. The first-order chi connectivity index (χ1) is 4.55. The van der Waals surface area contributed by atoms with E-state index in [0.29, 0.717) is 12.6 Å². The topological polar surface area (TPSA) is 47.3 Å². The molecule has 0 aromatic heterocycles. The minimum atomic E-state index is -0.191. The summed E-state index contributed by atoms with van der Waals surface area (Å²) in [6.07, 6.45) is 0.236. The van der Waals surface area contributed by atoms with E-state index < -0.39 is 0 Å². The van der Waals surface area contributed by atoms with Crippen molar-refractivity contribution in [3.05, 3.63) is 0 Å². The van der Waals surface area contributed by atoms with Crippen molar-refractivity contribution in [1.29, 1.82) is 0 Å². The molecule has 1 aliphatic heterocycles. The smallest absolute Gasteiger partial charge is 0.114 e. The molecule has 0 unspecified atom stereocenters. The minimum Gasteiger partial charge on any atom is -0.357 e. The Kier molecular flexibility index (Phi) is 1.99. The number of nitrogens with two attached hydrogens (primary N) is 1. The highest BCUT2D eigenvalue weighted by Gasteiger charge is 2.35. The first-order valence-electron chi connectivity index (χ1n) is 3.71. The van der Waals surface area contributed by atoms with E-state index >= 15 is 0 Å². The van der Waals surface area contributed by atoms with Crippen molar-refractivity contribution in [3.8, 4) is 0 Å². The molecule has 3 heteroatoms. The maximum atomic E-state index is 5.56. The second-order valence-electron chi connectivity index (χ2n) is 3.32. The van der Waals surface area contributed by atoms with Gasteiger partial charge < -0.3 is 10.5 Å². The number of hydrogen-bond acceptors (Lipinski definition) is 3. The van der Waals surface area contributed by atoms with Crippen molar-refractivity contribution in [3.63, 3.8) is 0 Å². The van der Waals surface area contributed by atoms with Gasteiger partial charge in [0.25, 0.3) is 0 Å². The van der Waals surface area contributed by atoms with E-state index in [-0.39, 0.29) is 11.8 Å². The van der Waals surface area contributed by atoms with Gasteiger partial charge in [0.1, 0.15) is 5.72 Å². The van der Waals surface area contributed by atoms with Crippen LogP contribution in [0.25, 0.3) is 0 Å². The molecule has 1 fully saturated rings. The normalized spacial score (nSPS) is 38.4. The van der Waals surface area contributed by atoms with Crippen LogP contribution in [0.15, 0.2) is 0 Å². The Bertz CT molecular complexity index is 125. The summed E-state index contributed by atoms with van der Waals surface area (Å²) in [5.74, 6) is 0. The average molecular weight is 144 g/mol. The third-order valence-electron chi connectivity index (χ3n) is 1.83. The summed E-state index contributed by atoms with van der Waals surface area (Å²) in [7, 11) is 0. The van der Waals surface area contributed by atoms with Gasteiger partial charge in [0, 0.05) is 12.6 Å². The molecule has 0 spiro atoms. The van der Waals surface area contributed by atoms with Crippen molar-refractivity contribution in [2.45, 2.75) is 38.6 Å². The predicted molar refractivity (Wildman–Crippen MR) is 40.6 cm³/mol. The van der Waals surface area contributed by atoms with Crippen LogP contribution in [-0.4, -0.2) is 24.4 Å². The molecule has 2 atom stereocenters. The molecule has 1 rings (SSSR count). The molecular formula is C7H16N2O. The lowest BCUT2D eigenvalue weighted by Crippen LogP contribution is -2.42. The minimum absolute atomic E-state index is 0.191. The molecule has 0 aromatic rings. The fourth-order valence-electron chi connectivity index (χ4n) is 1.40. The molecule has 0 aliphatic carbocycles. The zero-order chi connectivity index (χ0) is 7.78. The molecule has 0 amide bonds. The largest absolute Gasteiger partial charge is 0.357 e. The molecule has 0 saturated carbocycles. The third kappa shape index (κ3) is 1.48. The van der Waals surface area contributed by atoms with Crippen LogP contribution in [0.1, 0.15) is 20.8 Å². The Balaban J connectivity index is 2.52. The molecular weight excluding hydrogens is 128 g/mol. The van der Waals surface area contributed by atoms with Gasteiger partial charge in [0.2, 0.25) is 0 Å². The van der Waals surface area contributed by atoms with Gasteiger partial charge >= 0.3 is 0 Å². The van der Waals surface area contributed by atoms with Gasteiger partial charge in [0.05, 0.1) is 6.10 Å². The predicted octanol–water partition coefficient (Wildman–Crippen LogP) is 0.0581. The number of hydrogen-bond donors (Lipinski definition) is 2. The Labute approximate surface area is 61.9 Å². The lowest BCUT2D eigenvalue weighted by Gasteiger charge is -2.17. The molecule has 60 valence electrons. The van der Waals surface area contributed by atoms with E-state index in [9.17, 15) is 0 Å². The maximum Gasteiger partial charge on any atom is 0.114 e. The SMILES string of the molecule is C[C@H]1OC(C)(C)N[C@@H]1CN. The van der Waals surface area contributed by atoms with Gasteiger partial charge in [-0.2, -0.15) is 0 Å². The summed E-state index contributed by atoms with van der Waals surface area (Å²) in [6, 6.07) is 0.315. The number of ether oxygens (including phenoxy) is 1. The van der Waals surface area contributed by atoms with Crippen LogP contribution in [0.3, 0.4) is 0 Å². The molecule has 0 aromatic carbocycles. The lowest BCUT2D eigenvalue weighted by atomic mass is 10.2. The summed E-state index contributed by atoms with van der Waals surface area (Å²) in [4.78, 5) is 0. The Morgan fingerprint density at radius 1 is 1.60 bits per heavy atom. The van der Waals surface area contributed by atoms with Crippen LogP contribution in [0.5, 0.6) is 0 Å². The van der Waals surface area contributed by atoms with Crippen molar-refractivity contribution in [2.24, 2.45) is 5.73 Å². The van der Waals surface area contributed by atoms with E-state index in [1.807, 2.05) is 20.8 Å². The van der Waals surface area contributed by atoms with Crippen LogP contribution < -0.4 is 11.1 Å². The highest BCUT2D eigenvalue weighted by molar-refractivity contribution is 4.87. The summed E-state index contributed by atoms with van der Waals surface area (Å²) in [5, 5.41) is 3.28. The maximum absolute atomic E-state index is 5.56. The van der Waals surface area contributed by atoms with Crippen LogP contribution in [0.4, 0.5) is 0 Å². The summed E-state index contributed by atoms with van der Waals surface area (Å²) < 4.78 is 5.56. The summed E-state index contributed by atoms with van der Waals surface area (Å²) >= 11 is 0. The number of nitrogens with one attached hydrogen (secondary N) is 1. The third-order valence-corrected chi connectivity index (χ3v) is 1.83. The molecule has 1 saturated heterocycles. The molecule has 1 heterocycles. The highest BCUT2D eigenvalue weighted by atomic mass is 16.5. The van der Waals surface area contributed by atoms with Crippen LogP contribution in [0.2, 0.25) is 0 Å². The fourth-order valence-corrected chi connectivity index (χ4v) is 1.40. The van der Waals surface area contributed by atoms with Crippen molar-refractivity contribution in [2.75, 3.05) is 6.54 Å². The van der Waals surface area contributed by atoms with Crippen molar-refractivity contribution in [1.82, 2.24) is 5.32 Å². The van der Waals surface area contributed by atoms with Crippen molar-refractivity contribution < 1.29 is 4.74 Å². The second kappa shape index (κ2) is 2.49. The van der Waals surface area contributed by atoms with E-state index in [4.69, 9.17) is 10.5 Å². The van der Waals surface area contributed by atoms with Crippen molar-refractivity contribution >= 4 is 0 Å². The molecule has 0 bridgehead atoms. The van der Waals surface area contributed by atoms with Crippen LogP contribution in [-0.2, 0) is 4.74 Å². The summed E-state index contributed by atoms with van der Waals surface area (Å²) in [6.45, 7) is 6.71. The Morgan fingerprint density at radius 3 is 2.40 bits per heavy atom. The molecule has 1 aliphatic rings. The standard InChI is InChI=1S/C7H16N2O/c1-5-6(4-8)9-7(2,3)10-5/h5-6,9H,4,8H2,1-3H3/t5-,6-/m1/s1. The first-order valence-corrected chi connectivity index (χ1v) is 3.71. The van der Waals surface area contributed by atoms with Gasteiger partial charge in [-0.15, -0.1) is 0 Å². The van der Waals surface area contributed by atoms with E-state index in [1.54, 1.807) is 0 Å². The first kappa shape index (κ1) is 7.98. The molecule has 3 N–H and O–H groups in total. The fraction of sp³-hybridized carbons (Fsp3) is 1.00. The quantitative estimate of drug-likeness (QED) is 0.547. The number of rotatable bonds is 1. The monoisotopic (exact) mass is 144 g/mol. The highest BCUT2D eigenvalue weighted by Crippen LogP contribution is 2.19. The van der Waals surface area contributed by atoms with Gasteiger partial charge in [-0.1, -0.05) is 0 Å². The Hall–Kier alpha value is -0.120. The zero-order valence-corrected chi connectivity index (χ0v) is 6.85. The van der Waals surface area contributed by atoms with Gasteiger partial charge in [-0.05, 0) is 20.8 Å². The second-order valence-corrected chi connectivity index (χ2v) is 3.32. The zero-order valence-electron chi connectivity index (χ0n) is 6.85. The van der Waals surface area contributed by atoms with Crippen LogP contribution in [0, 0.1) is 0 Å². The van der Waals surface area contributed by atoms with Gasteiger partial charge in [-0.3, -0.25) is 5.32 Å². The molecule has 3 nitrogen and oxygen atoms in total. The van der Waals surface area contributed by atoms with E-state index in [2.05, 4.69) is 5.32 Å². The van der Waals surface area contributed by atoms with E-state index in [0.717, 1.165) is 0 Å². The molecule has 10 heavy (non-hydrogen) atoms. The van der Waals surface area contributed by atoms with Gasteiger partial charge in [0.15, 0.2) is 0 Å². The van der Waals surface area contributed by atoms with Crippen LogP contribution >= 0.6 is 0 Å². The lowest BCUT2D eigenvalue weighted by molar-refractivity contribution is -0.0169. The summed E-state index contributed by atoms with van der Waals surface area (Å²) in [5.41, 5.74) is 5.31. The average Bonchev–Trinajstić information content (AvgIpc) is 2.05. The van der Waals surface area contributed by atoms with Gasteiger partial charge in [-0.25, -0.2) is 0 Å².